The van der Waals surface area contributed by atoms with Crippen molar-refractivity contribution in [1.29, 1.82) is 0 Å². The largest absolute Gasteiger partial charge is 0.394 e. The van der Waals surface area contributed by atoms with Crippen molar-refractivity contribution in [3.05, 3.63) is 6.20 Å². The van der Waals surface area contributed by atoms with Crippen molar-refractivity contribution in [1.82, 2.24) is 20.3 Å². The van der Waals surface area contributed by atoms with Crippen molar-refractivity contribution in [2.45, 2.75) is 101 Å². The van der Waals surface area contributed by atoms with E-state index in [1.165, 1.54) is 22.6 Å². The van der Waals surface area contributed by atoms with Gasteiger partial charge in [-0.05, 0) is 6.42 Å². The van der Waals surface area contributed by atoms with Crippen LogP contribution in [0.25, 0.3) is 0 Å². The zero-order valence-corrected chi connectivity index (χ0v) is 22.4. The van der Waals surface area contributed by atoms with E-state index in [0.717, 1.165) is 32.1 Å². The summed E-state index contributed by atoms with van der Waals surface area (Å²) in [5, 5.41) is 70.8. The summed E-state index contributed by atoms with van der Waals surface area (Å²) >= 11 is 1.20. The first-order valence-electron chi connectivity index (χ1n) is 12.9. The van der Waals surface area contributed by atoms with Crippen LogP contribution >= 0.6 is 11.8 Å². The average molecular weight is 564 g/mol. The van der Waals surface area contributed by atoms with Crippen LogP contribution in [0.2, 0.25) is 0 Å². The fourth-order valence-electron chi connectivity index (χ4n) is 3.81. The second kappa shape index (κ2) is 17.0. The Balaban J connectivity index is 1.92. The van der Waals surface area contributed by atoms with Gasteiger partial charge >= 0.3 is 0 Å². The molecule has 218 valence electrons. The smallest absolute Gasteiger partial charge is 0.249 e. The number of aromatic nitrogens is 3. The van der Waals surface area contributed by atoms with Crippen molar-refractivity contribution >= 4 is 29.4 Å². The summed E-state index contributed by atoms with van der Waals surface area (Å²) in [4.78, 5) is 25.4. The Hall–Kier alpha value is -1.85. The van der Waals surface area contributed by atoms with Gasteiger partial charge in [0.15, 0.2) is 12.1 Å². The molecule has 15 heteroatoms. The van der Waals surface area contributed by atoms with E-state index < -0.39 is 55.4 Å². The highest BCUT2D eigenvalue weighted by Crippen LogP contribution is 2.21. The molecular weight excluding hydrogens is 522 g/mol. The van der Waals surface area contributed by atoms with Gasteiger partial charge in [-0.15, -0.1) is 5.10 Å². The highest BCUT2D eigenvalue weighted by molar-refractivity contribution is 7.99. The molecule has 0 bridgehead atoms. The SMILES string of the molecule is CCCCCCCCC(=O)NC(CSCC(O)CO)C(=O)Nc1cn(CC2OC(O)C(O)C(O)C2O)nn1. The van der Waals surface area contributed by atoms with E-state index in [4.69, 9.17) is 9.84 Å². The van der Waals surface area contributed by atoms with Crippen LogP contribution in [0, 0.1) is 0 Å². The van der Waals surface area contributed by atoms with Crippen LogP contribution < -0.4 is 10.6 Å². The normalized spacial score (nSPS) is 25.1. The van der Waals surface area contributed by atoms with Crippen molar-refractivity contribution in [2.24, 2.45) is 0 Å². The maximum absolute atomic E-state index is 12.9. The standard InChI is InChI=1S/C23H41N5O9S/c1-2-3-4-5-6-7-8-18(31)24-15(13-38-12-14(30)11-29)22(35)25-17-10-28(27-26-17)9-16-19(32)20(33)21(34)23(36)37-16/h10,14-16,19-21,23,29-30,32-34,36H,2-9,11-13H2,1H3,(H,24,31)(H,25,35). The average Bonchev–Trinajstić information content (AvgIpc) is 3.33. The summed E-state index contributed by atoms with van der Waals surface area (Å²) < 4.78 is 6.34. The number of rotatable bonds is 17. The number of ether oxygens (including phenoxy) is 1. The highest BCUT2D eigenvalue weighted by atomic mass is 32.2. The number of thioether (sulfide) groups is 1. The summed E-state index contributed by atoms with van der Waals surface area (Å²) in [6.07, 6.45) is -0.752. The second-order valence-corrected chi connectivity index (χ2v) is 10.4. The Morgan fingerprint density at radius 1 is 1.08 bits per heavy atom. The first-order valence-corrected chi connectivity index (χ1v) is 14.1. The quantitative estimate of drug-likeness (QED) is 0.0998. The van der Waals surface area contributed by atoms with Gasteiger partial charge in [0.1, 0.15) is 30.5 Å². The van der Waals surface area contributed by atoms with Crippen LogP contribution in [0.1, 0.15) is 51.9 Å². The number of amides is 2. The molecule has 2 rings (SSSR count). The Kier molecular flexibility index (Phi) is 14.5. The van der Waals surface area contributed by atoms with E-state index >= 15 is 0 Å². The van der Waals surface area contributed by atoms with Crippen LogP contribution in [-0.4, -0.2) is 118 Å². The predicted octanol–water partition coefficient (Wildman–Crippen LogP) is -1.66. The molecule has 1 fully saturated rings. The molecule has 38 heavy (non-hydrogen) atoms. The first-order chi connectivity index (χ1) is 18.2. The lowest BCUT2D eigenvalue weighted by Crippen LogP contribution is -2.58. The minimum absolute atomic E-state index is 0.0528. The number of nitrogens with one attached hydrogen (secondary N) is 2. The van der Waals surface area contributed by atoms with Gasteiger partial charge < -0.3 is 46.0 Å². The molecule has 2 amide bonds. The molecule has 1 aromatic rings. The van der Waals surface area contributed by atoms with Gasteiger partial charge in [-0.2, -0.15) is 11.8 Å². The Labute approximate surface area is 225 Å². The summed E-state index contributed by atoms with van der Waals surface area (Å²) in [6, 6.07) is -0.932. The Morgan fingerprint density at radius 3 is 2.50 bits per heavy atom. The number of carbonyl (C=O) groups excluding carboxylic acids is 2. The van der Waals surface area contributed by atoms with Crippen molar-refractivity contribution in [3.63, 3.8) is 0 Å². The van der Waals surface area contributed by atoms with Gasteiger partial charge in [0, 0.05) is 17.9 Å². The molecule has 0 radical (unpaired) electrons. The van der Waals surface area contributed by atoms with Crippen molar-refractivity contribution < 1.29 is 45.0 Å². The molecule has 0 aliphatic carbocycles. The van der Waals surface area contributed by atoms with Gasteiger partial charge in [-0.25, -0.2) is 4.68 Å². The van der Waals surface area contributed by atoms with Crippen LogP contribution in [-0.2, 0) is 20.9 Å². The van der Waals surface area contributed by atoms with E-state index in [1.807, 2.05) is 0 Å². The highest BCUT2D eigenvalue weighted by Gasteiger charge is 2.43. The summed E-state index contributed by atoms with van der Waals surface area (Å²) in [5.41, 5.74) is 0. The Bertz CT molecular complexity index is 848. The molecule has 1 aromatic heterocycles. The number of hydrogen-bond donors (Lipinski definition) is 8. The lowest BCUT2D eigenvalue weighted by Gasteiger charge is -2.38. The molecule has 0 spiro atoms. The van der Waals surface area contributed by atoms with E-state index in [0.29, 0.717) is 6.42 Å². The fourth-order valence-corrected chi connectivity index (χ4v) is 4.80. The van der Waals surface area contributed by atoms with Crippen LogP contribution in [0.4, 0.5) is 5.82 Å². The van der Waals surface area contributed by atoms with Gasteiger partial charge in [-0.1, -0.05) is 44.2 Å². The van der Waals surface area contributed by atoms with Crippen molar-refractivity contribution in [2.75, 3.05) is 23.4 Å². The minimum atomic E-state index is -1.69. The maximum atomic E-state index is 12.9. The molecule has 2 heterocycles. The van der Waals surface area contributed by atoms with E-state index in [9.17, 15) is 35.1 Å². The molecule has 8 N–H and O–H groups in total. The third kappa shape index (κ3) is 10.7. The fraction of sp³-hybridized carbons (Fsp3) is 0.826. The monoisotopic (exact) mass is 563 g/mol. The van der Waals surface area contributed by atoms with Gasteiger partial charge in [0.05, 0.1) is 25.5 Å². The summed E-state index contributed by atoms with van der Waals surface area (Å²) in [6.45, 7) is 1.58. The number of unbranched alkanes of at least 4 members (excludes halogenated alkanes) is 5. The number of aliphatic hydroxyl groups is 6. The molecule has 14 nitrogen and oxygen atoms in total. The first kappa shape index (κ1) is 32.4. The molecule has 1 saturated heterocycles. The second-order valence-electron chi connectivity index (χ2n) is 9.36. The third-order valence-electron chi connectivity index (χ3n) is 6.06. The summed E-state index contributed by atoms with van der Waals surface area (Å²) in [5.74, 6) is -0.436. The topological polar surface area (TPSA) is 220 Å². The van der Waals surface area contributed by atoms with E-state index in [1.54, 1.807) is 0 Å². The number of carbonyl (C=O) groups is 2. The molecular formula is C23H41N5O9S. The molecule has 1 aliphatic heterocycles. The van der Waals surface area contributed by atoms with Gasteiger partial charge in [0.2, 0.25) is 11.8 Å². The van der Waals surface area contributed by atoms with Gasteiger partial charge in [-0.3, -0.25) is 9.59 Å². The third-order valence-corrected chi connectivity index (χ3v) is 7.25. The predicted molar refractivity (Wildman–Crippen MR) is 138 cm³/mol. The molecule has 7 atom stereocenters. The van der Waals surface area contributed by atoms with E-state index in [2.05, 4.69) is 27.9 Å². The van der Waals surface area contributed by atoms with Crippen LogP contribution in [0.5, 0.6) is 0 Å². The number of aliphatic hydroxyl groups excluding tert-OH is 6. The minimum Gasteiger partial charge on any atom is -0.394 e. The van der Waals surface area contributed by atoms with E-state index in [-0.39, 0.29) is 36.2 Å². The lowest BCUT2D eigenvalue weighted by molar-refractivity contribution is -0.284. The Morgan fingerprint density at radius 2 is 1.79 bits per heavy atom. The zero-order valence-electron chi connectivity index (χ0n) is 21.6. The molecule has 1 aliphatic rings. The molecule has 0 saturated carbocycles. The van der Waals surface area contributed by atoms with Crippen LogP contribution in [0.3, 0.4) is 0 Å². The molecule has 0 aromatic carbocycles. The van der Waals surface area contributed by atoms with Gasteiger partial charge in [0.25, 0.3) is 0 Å². The van der Waals surface area contributed by atoms with Crippen molar-refractivity contribution in [3.8, 4) is 0 Å². The number of hydrogen-bond acceptors (Lipinski definition) is 12. The molecule has 7 unspecified atom stereocenters. The number of anilines is 1. The zero-order chi connectivity index (χ0) is 28.1. The number of nitrogens with zero attached hydrogens (tertiary/aromatic N) is 3. The van der Waals surface area contributed by atoms with Crippen LogP contribution in [0.15, 0.2) is 6.20 Å². The summed E-state index contributed by atoms with van der Waals surface area (Å²) in [7, 11) is 0. The lowest BCUT2D eigenvalue weighted by atomic mass is 9.99. The maximum Gasteiger partial charge on any atom is 0.249 e.